The van der Waals surface area contributed by atoms with Crippen LogP contribution in [0.2, 0.25) is 0 Å². The summed E-state index contributed by atoms with van der Waals surface area (Å²) < 4.78 is 53.3. The van der Waals surface area contributed by atoms with Crippen molar-refractivity contribution in [2.45, 2.75) is 10.6 Å². The highest BCUT2D eigenvalue weighted by atomic mass is 32.2. The summed E-state index contributed by atoms with van der Waals surface area (Å²) in [7, 11) is -1.75. The fraction of sp³-hybridized carbons (Fsp3) is 0.0625. The Bertz CT molecular complexity index is 862. The van der Waals surface area contributed by atoms with Crippen molar-refractivity contribution in [2.24, 2.45) is 0 Å². The van der Waals surface area contributed by atoms with E-state index in [1.165, 1.54) is 16.8 Å². The maximum absolute atomic E-state index is 13.6. The van der Waals surface area contributed by atoms with Gasteiger partial charge >= 0.3 is 0 Å². The second-order valence-corrected chi connectivity index (χ2v) is 6.21. The molecule has 3 aromatic rings. The molecule has 118 valence electrons. The smallest absolute Gasteiger partial charge is 0.139 e. The van der Waals surface area contributed by atoms with Crippen LogP contribution >= 0.6 is 0 Å². The van der Waals surface area contributed by atoms with E-state index in [4.69, 9.17) is 0 Å². The van der Waals surface area contributed by atoms with Crippen molar-refractivity contribution in [3.63, 3.8) is 0 Å². The third-order valence-electron chi connectivity index (χ3n) is 3.15. The van der Waals surface area contributed by atoms with Crippen LogP contribution < -0.4 is 0 Å². The molecule has 1 aromatic heterocycles. The Kier molecular flexibility index (Phi) is 4.29. The highest BCUT2D eigenvalue weighted by Gasteiger charge is 2.13. The summed E-state index contributed by atoms with van der Waals surface area (Å²) in [5.74, 6) is -1.77. The van der Waals surface area contributed by atoms with Crippen LogP contribution in [0.5, 0.6) is 0 Å². The van der Waals surface area contributed by atoms with Gasteiger partial charge in [-0.1, -0.05) is 0 Å². The molecule has 0 radical (unpaired) electrons. The van der Waals surface area contributed by atoms with Crippen molar-refractivity contribution in [3.8, 4) is 5.69 Å². The van der Waals surface area contributed by atoms with E-state index in [-0.39, 0.29) is 16.5 Å². The normalized spacial score (nSPS) is 12.3. The molecule has 0 saturated heterocycles. The lowest BCUT2D eigenvalue weighted by atomic mass is 10.3. The van der Waals surface area contributed by atoms with Gasteiger partial charge in [-0.15, -0.1) is 0 Å². The Morgan fingerprint density at radius 3 is 2.39 bits per heavy atom. The number of benzene rings is 2. The van der Waals surface area contributed by atoms with Crippen LogP contribution in [0, 0.1) is 17.5 Å². The summed E-state index contributed by atoms with van der Waals surface area (Å²) in [6.07, 6.45) is 1.63. The zero-order chi connectivity index (χ0) is 16.4. The maximum atomic E-state index is 13.6. The number of hydrogen-bond donors (Lipinski definition) is 0. The zero-order valence-electron chi connectivity index (χ0n) is 11.7. The molecule has 23 heavy (non-hydrogen) atoms. The standard InChI is InChI=1S/C16H11F3N2OS/c17-11-1-4-14(5-2-11)21-8-7-13(20-21)10-23(22)16-9-12(18)3-6-15(16)19/h1-9H,10H2/t23-/m1/s1. The van der Waals surface area contributed by atoms with E-state index in [0.29, 0.717) is 11.4 Å². The molecule has 2 aromatic carbocycles. The molecule has 0 unspecified atom stereocenters. The lowest BCUT2D eigenvalue weighted by molar-refractivity contribution is 0.572. The molecule has 3 rings (SSSR count). The fourth-order valence-corrected chi connectivity index (χ4v) is 3.15. The molecule has 0 amide bonds. The summed E-state index contributed by atoms with van der Waals surface area (Å²) in [5, 5.41) is 4.21. The van der Waals surface area contributed by atoms with Crippen LogP contribution in [0.3, 0.4) is 0 Å². The number of nitrogens with zero attached hydrogens (tertiary/aromatic N) is 2. The zero-order valence-corrected chi connectivity index (χ0v) is 12.6. The van der Waals surface area contributed by atoms with Gasteiger partial charge < -0.3 is 0 Å². The average Bonchev–Trinajstić information content (AvgIpc) is 2.99. The summed E-state index contributed by atoms with van der Waals surface area (Å²) in [6, 6.07) is 10.2. The molecule has 0 saturated carbocycles. The van der Waals surface area contributed by atoms with Gasteiger partial charge in [-0.3, -0.25) is 4.21 Å². The lowest BCUT2D eigenvalue weighted by Crippen LogP contribution is -2.02. The average molecular weight is 336 g/mol. The molecular formula is C16H11F3N2OS. The number of aromatic nitrogens is 2. The van der Waals surface area contributed by atoms with E-state index in [0.717, 1.165) is 18.2 Å². The number of rotatable bonds is 4. The Morgan fingerprint density at radius 1 is 0.957 bits per heavy atom. The maximum Gasteiger partial charge on any atom is 0.139 e. The van der Waals surface area contributed by atoms with E-state index in [1.807, 2.05) is 0 Å². The van der Waals surface area contributed by atoms with Gasteiger partial charge in [-0.05, 0) is 48.5 Å². The van der Waals surface area contributed by atoms with Crippen molar-refractivity contribution in [3.05, 3.63) is 77.9 Å². The second-order valence-electron chi connectivity index (χ2n) is 4.79. The first-order valence-electron chi connectivity index (χ1n) is 6.67. The first kappa shape index (κ1) is 15.5. The van der Waals surface area contributed by atoms with Crippen LogP contribution in [0.1, 0.15) is 5.69 Å². The fourth-order valence-electron chi connectivity index (χ4n) is 2.04. The number of halogens is 3. The first-order valence-corrected chi connectivity index (χ1v) is 7.99. The molecule has 0 spiro atoms. The molecule has 1 atom stereocenters. The molecule has 0 aliphatic heterocycles. The predicted octanol–water partition coefficient (Wildman–Crippen LogP) is 3.60. The van der Waals surface area contributed by atoms with Gasteiger partial charge in [0.05, 0.1) is 32.8 Å². The monoisotopic (exact) mass is 336 g/mol. The Labute approximate surface area is 132 Å². The third kappa shape index (κ3) is 3.50. The van der Waals surface area contributed by atoms with E-state index in [1.54, 1.807) is 24.4 Å². The lowest BCUT2D eigenvalue weighted by Gasteiger charge is -2.03. The van der Waals surface area contributed by atoms with Gasteiger partial charge in [-0.25, -0.2) is 17.9 Å². The van der Waals surface area contributed by atoms with Gasteiger partial charge in [0.15, 0.2) is 0 Å². The minimum atomic E-state index is -1.75. The van der Waals surface area contributed by atoms with Gasteiger partial charge in [0.2, 0.25) is 0 Å². The van der Waals surface area contributed by atoms with Crippen molar-refractivity contribution in [1.29, 1.82) is 0 Å². The summed E-state index contributed by atoms with van der Waals surface area (Å²) >= 11 is 0. The molecule has 0 bridgehead atoms. The molecule has 0 fully saturated rings. The van der Waals surface area contributed by atoms with Gasteiger partial charge in [0.1, 0.15) is 17.5 Å². The number of hydrogen-bond acceptors (Lipinski definition) is 2. The van der Waals surface area contributed by atoms with Crippen LogP contribution in [-0.4, -0.2) is 14.0 Å². The summed E-state index contributed by atoms with van der Waals surface area (Å²) in [4.78, 5) is -0.193. The molecule has 1 heterocycles. The second kappa shape index (κ2) is 6.37. The van der Waals surface area contributed by atoms with Crippen molar-refractivity contribution < 1.29 is 17.4 Å². The molecule has 3 nitrogen and oxygen atoms in total. The van der Waals surface area contributed by atoms with E-state index < -0.39 is 22.4 Å². The van der Waals surface area contributed by atoms with Gasteiger partial charge in [-0.2, -0.15) is 5.10 Å². The molecule has 7 heteroatoms. The molecule has 0 aliphatic rings. The predicted molar refractivity (Wildman–Crippen MR) is 80.0 cm³/mol. The molecule has 0 aliphatic carbocycles. The van der Waals surface area contributed by atoms with E-state index in [9.17, 15) is 17.4 Å². The van der Waals surface area contributed by atoms with Crippen LogP contribution in [-0.2, 0) is 16.6 Å². The van der Waals surface area contributed by atoms with Crippen LogP contribution in [0.15, 0.2) is 59.6 Å². The van der Waals surface area contributed by atoms with Crippen LogP contribution in [0.25, 0.3) is 5.69 Å². The van der Waals surface area contributed by atoms with Crippen molar-refractivity contribution in [1.82, 2.24) is 9.78 Å². The van der Waals surface area contributed by atoms with Crippen molar-refractivity contribution in [2.75, 3.05) is 0 Å². The quantitative estimate of drug-likeness (QED) is 0.730. The van der Waals surface area contributed by atoms with E-state index >= 15 is 0 Å². The summed E-state index contributed by atoms with van der Waals surface area (Å²) in [5.41, 5.74) is 1.09. The first-order chi connectivity index (χ1) is 11.0. The Morgan fingerprint density at radius 2 is 1.65 bits per heavy atom. The third-order valence-corrected chi connectivity index (χ3v) is 4.51. The highest BCUT2D eigenvalue weighted by Crippen LogP contribution is 2.17. The minimum absolute atomic E-state index is 0.0471. The topological polar surface area (TPSA) is 34.9 Å². The van der Waals surface area contributed by atoms with Crippen LogP contribution in [0.4, 0.5) is 13.2 Å². The van der Waals surface area contributed by atoms with E-state index in [2.05, 4.69) is 5.10 Å². The Balaban J connectivity index is 1.80. The highest BCUT2D eigenvalue weighted by molar-refractivity contribution is 7.84. The van der Waals surface area contributed by atoms with Gasteiger partial charge in [0.25, 0.3) is 0 Å². The largest absolute Gasteiger partial charge is 0.254 e. The summed E-state index contributed by atoms with van der Waals surface area (Å²) in [6.45, 7) is 0. The Hall–Kier alpha value is -2.41. The molecular weight excluding hydrogens is 325 g/mol. The molecule has 0 N–H and O–H groups in total. The SMILES string of the molecule is O=[S@](Cc1ccn(-c2ccc(F)cc2)n1)c1cc(F)ccc1F. The van der Waals surface area contributed by atoms with Gasteiger partial charge in [0, 0.05) is 6.20 Å². The minimum Gasteiger partial charge on any atom is -0.254 e. The van der Waals surface area contributed by atoms with Crippen molar-refractivity contribution >= 4 is 10.8 Å².